The van der Waals surface area contributed by atoms with Gasteiger partial charge in [0.25, 0.3) is 5.89 Å². The number of hydrogen-bond donors (Lipinski definition) is 0. The lowest BCUT2D eigenvalue weighted by Crippen LogP contribution is -2.43. The Kier molecular flexibility index (Phi) is 6.20. The first-order valence-corrected chi connectivity index (χ1v) is 8.97. The van der Waals surface area contributed by atoms with Gasteiger partial charge in [0.05, 0.1) is 12.7 Å². The molecule has 1 amide bonds. The van der Waals surface area contributed by atoms with Gasteiger partial charge in [-0.25, -0.2) is 0 Å². The van der Waals surface area contributed by atoms with E-state index in [0.717, 1.165) is 38.8 Å². The van der Waals surface area contributed by atoms with Crippen molar-refractivity contribution in [2.24, 2.45) is 5.92 Å². The molecule has 0 bridgehead atoms. The Bertz CT molecular complexity index is 520. The first-order valence-electron chi connectivity index (χ1n) is 8.97. The number of likely N-dealkylation sites (tertiary alicyclic amines) is 1. The monoisotopic (exact) mass is 337 g/mol. The van der Waals surface area contributed by atoms with Gasteiger partial charge in [0.2, 0.25) is 5.91 Å². The molecule has 1 aliphatic carbocycles. The maximum absolute atomic E-state index is 12.4. The minimum atomic E-state index is 0.159. The molecular weight excluding hydrogens is 310 g/mol. The van der Waals surface area contributed by atoms with Crippen LogP contribution in [0.15, 0.2) is 4.52 Å². The van der Waals surface area contributed by atoms with Gasteiger partial charge in [-0.05, 0) is 25.7 Å². The topological polar surface area (TPSA) is 77.7 Å². The molecule has 1 aromatic rings. The van der Waals surface area contributed by atoms with Crippen LogP contribution in [0.3, 0.4) is 0 Å². The molecule has 7 nitrogen and oxygen atoms in total. The SMILES string of the molecule is COCCc1noc(COC2CCN(C(=O)C3CCCC3)CC2)n1. The Hall–Kier alpha value is -1.47. The van der Waals surface area contributed by atoms with Gasteiger partial charge in [0.1, 0.15) is 6.61 Å². The van der Waals surface area contributed by atoms with Crippen LogP contribution in [0.5, 0.6) is 0 Å². The molecule has 0 N–H and O–H groups in total. The Morgan fingerprint density at radius 2 is 2.00 bits per heavy atom. The van der Waals surface area contributed by atoms with Crippen molar-refractivity contribution in [2.75, 3.05) is 26.8 Å². The predicted molar refractivity (Wildman–Crippen MR) is 86.2 cm³/mol. The lowest BCUT2D eigenvalue weighted by molar-refractivity contribution is -0.138. The van der Waals surface area contributed by atoms with E-state index in [-0.39, 0.29) is 12.0 Å². The number of rotatable bonds is 7. The number of piperidine rings is 1. The molecule has 24 heavy (non-hydrogen) atoms. The molecule has 1 saturated carbocycles. The summed E-state index contributed by atoms with van der Waals surface area (Å²) in [4.78, 5) is 18.7. The predicted octanol–water partition coefficient (Wildman–Crippen LogP) is 1.96. The van der Waals surface area contributed by atoms with Gasteiger partial charge in [-0.1, -0.05) is 18.0 Å². The summed E-state index contributed by atoms with van der Waals surface area (Å²) in [5, 5.41) is 3.90. The Labute approximate surface area is 142 Å². The largest absolute Gasteiger partial charge is 0.384 e. The molecule has 1 aromatic heterocycles. The van der Waals surface area contributed by atoms with Crippen molar-refractivity contribution in [1.82, 2.24) is 15.0 Å². The number of carbonyl (C=O) groups excluding carboxylic acids is 1. The number of hydrogen-bond acceptors (Lipinski definition) is 6. The van der Waals surface area contributed by atoms with E-state index in [4.69, 9.17) is 14.0 Å². The van der Waals surface area contributed by atoms with Crippen LogP contribution in [-0.4, -0.2) is 53.9 Å². The quantitative estimate of drug-likeness (QED) is 0.757. The maximum atomic E-state index is 12.4. The summed E-state index contributed by atoms with van der Waals surface area (Å²) in [7, 11) is 1.65. The van der Waals surface area contributed by atoms with Crippen LogP contribution < -0.4 is 0 Å². The molecule has 2 aliphatic rings. The van der Waals surface area contributed by atoms with E-state index in [1.165, 1.54) is 12.8 Å². The average molecular weight is 337 g/mol. The molecule has 1 aliphatic heterocycles. The summed E-state index contributed by atoms with van der Waals surface area (Å²) in [6, 6.07) is 0. The molecule has 0 atom stereocenters. The van der Waals surface area contributed by atoms with Gasteiger partial charge in [0.15, 0.2) is 5.82 Å². The maximum Gasteiger partial charge on any atom is 0.252 e. The zero-order valence-corrected chi connectivity index (χ0v) is 14.4. The molecule has 1 saturated heterocycles. The number of ether oxygens (including phenoxy) is 2. The third-order valence-corrected chi connectivity index (χ3v) is 4.94. The lowest BCUT2D eigenvalue weighted by Gasteiger charge is -2.33. The highest BCUT2D eigenvalue weighted by molar-refractivity contribution is 5.79. The van der Waals surface area contributed by atoms with Crippen molar-refractivity contribution in [1.29, 1.82) is 0 Å². The fourth-order valence-electron chi connectivity index (χ4n) is 3.51. The van der Waals surface area contributed by atoms with Crippen LogP contribution in [0.1, 0.15) is 50.2 Å². The third-order valence-electron chi connectivity index (χ3n) is 4.94. The minimum Gasteiger partial charge on any atom is -0.384 e. The molecule has 134 valence electrons. The van der Waals surface area contributed by atoms with Crippen LogP contribution >= 0.6 is 0 Å². The van der Waals surface area contributed by atoms with Crippen molar-refractivity contribution >= 4 is 5.91 Å². The molecule has 2 heterocycles. The zero-order chi connectivity index (χ0) is 16.8. The van der Waals surface area contributed by atoms with E-state index in [9.17, 15) is 4.79 Å². The second kappa shape index (κ2) is 8.58. The Morgan fingerprint density at radius 1 is 1.25 bits per heavy atom. The molecule has 0 unspecified atom stereocenters. The first kappa shape index (κ1) is 17.4. The highest BCUT2D eigenvalue weighted by Gasteiger charge is 2.30. The summed E-state index contributed by atoms with van der Waals surface area (Å²) < 4.78 is 16.0. The second-order valence-corrected chi connectivity index (χ2v) is 6.66. The average Bonchev–Trinajstić information content (AvgIpc) is 3.30. The van der Waals surface area contributed by atoms with Gasteiger partial charge >= 0.3 is 0 Å². The lowest BCUT2D eigenvalue weighted by atomic mass is 10.0. The summed E-state index contributed by atoms with van der Waals surface area (Å²) in [6.07, 6.45) is 7.09. The van der Waals surface area contributed by atoms with E-state index in [2.05, 4.69) is 10.1 Å². The summed E-state index contributed by atoms with van der Waals surface area (Å²) in [6.45, 7) is 2.50. The van der Waals surface area contributed by atoms with Crippen LogP contribution in [0.4, 0.5) is 0 Å². The third kappa shape index (κ3) is 4.54. The van der Waals surface area contributed by atoms with Crippen LogP contribution in [-0.2, 0) is 27.3 Å². The van der Waals surface area contributed by atoms with Crippen molar-refractivity contribution < 1.29 is 18.8 Å². The number of carbonyl (C=O) groups is 1. The van der Waals surface area contributed by atoms with Crippen LogP contribution in [0.2, 0.25) is 0 Å². The van der Waals surface area contributed by atoms with Crippen LogP contribution in [0.25, 0.3) is 0 Å². The van der Waals surface area contributed by atoms with Gasteiger partial charge in [-0.15, -0.1) is 0 Å². The summed E-state index contributed by atoms with van der Waals surface area (Å²) in [5.74, 6) is 1.77. The molecular formula is C17H27N3O4. The highest BCUT2D eigenvalue weighted by Crippen LogP contribution is 2.28. The van der Waals surface area contributed by atoms with Gasteiger partial charge in [-0.2, -0.15) is 4.98 Å². The Balaban J connectivity index is 1.37. The van der Waals surface area contributed by atoms with Crippen molar-refractivity contribution in [3.63, 3.8) is 0 Å². The number of nitrogens with zero attached hydrogens (tertiary/aromatic N) is 3. The summed E-state index contributed by atoms with van der Waals surface area (Å²) in [5.41, 5.74) is 0. The zero-order valence-electron chi connectivity index (χ0n) is 14.4. The second-order valence-electron chi connectivity index (χ2n) is 6.66. The first-order chi connectivity index (χ1) is 11.8. The normalized spacial score (nSPS) is 20.0. The summed E-state index contributed by atoms with van der Waals surface area (Å²) >= 11 is 0. The van der Waals surface area contributed by atoms with Gasteiger partial charge in [-0.3, -0.25) is 4.79 Å². The number of amides is 1. The van der Waals surface area contributed by atoms with Crippen molar-refractivity contribution in [3.05, 3.63) is 11.7 Å². The van der Waals surface area contributed by atoms with Crippen molar-refractivity contribution in [2.45, 2.75) is 57.7 Å². The standard InChI is InChI=1S/C17H27N3O4/c1-22-11-8-15-18-16(24-19-15)12-23-14-6-9-20(10-7-14)17(21)13-4-2-3-5-13/h13-14H,2-12H2,1H3. The molecule has 7 heteroatoms. The van der Waals surface area contributed by atoms with Crippen LogP contribution in [0, 0.1) is 5.92 Å². The Morgan fingerprint density at radius 3 is 2.71 bits per heavy atom. The molecule has 0 spiro atoms. The molecule has 3 rings (SSSR count). The number of methoxy groups -OCH3 is 1. The molecule has 0 radical (unpaired) electrons. The van der Waals surface area contributed by atoms with Gasteiger partial charge < -0.3 is 18.9 Å². The fraction of sp³-hybridized carbons (Fsp3) is 0.824. The highest BCUT2D eigenvalue weighted by atomic mass is 16.5. The van der Waals surface area contributed by atoms with Crippen molar-refractivity contribution in [3.8, 4) is 0 Å². The van der Waals surface area contributed by atoms with E-state index >= 15 is 0 Å². The molecule has 2 fully saturated rings. The van der Waals surface area contributed by atoms with Gasteiger partial charge in [0, 0.05) is 32.5 Å². The molecule has 0 aromatic carbocycles. The fourth-order valence-corrected chi connectivity index (χ4v) is 3.51. The van der Waals surface area contributed by atoms with E-state index < -0.39 is 0 Å². The number of aromatic nitrogens is 2. The smallest absolute Gasteiger partial charge is 0.252 e. The van der Waals surface area contributed by atoms with E-state index in [0.29, 0.717) is 37.3 Å². The van der Waals surface area contributed by atoms with E-state index in [1.54, 1.807) is 7.11 Å². The van der Waals surface area contributed by atoms with E-state index in [1.807, 2.05) is 4.90 Å². The minimum absolute atomic E-state index is 0.159.